The number of hydrogen-bond donors (Lipinski definition) is 0. The molecule has 0 atom stereocenters. The fraction of sp³-hybridized carbons (Fsp3) is 0. The van der Waals surface area contributed by atoms with Crippen LogP contribution in [0.4, 0.5) is 0 Å². The Morgan fingerprint density at radius 1 is 0.417 bits per heavy atom. The number of para-hydroxylation sites is 4. The van der Waals surface area contributed by atoms with Gasteiger partial charge in [-0.3, -0.25) is 0 Å². The van der Waals surface area contributed by atoms with Crippen LogP contribution in [-0.4, -0.2) is 9.13 Å². The third kappa shape index (κ3) is 2.67. The van der Waals surface area contributed by atoms with Crippen molar-refractivity contribution in [2.75, 3.05) is 0 Å². The Labute approximate surface area is 207 Å². The van der Waals surface area contributed by atoms with Gasteiger partial charge in [0.25, 0.3) is 0 Å². The predicted octanol–water partition coefficient (Wildman–Crippen LogP) is 7.62. The summed E-state index contributed by atoms with van der Waals surface area (Å²) in [7, 11) is 0. The summed E-state index contributed by atoms with van der Waals surface area (Å²) in [5.74, 6) is 0. The molecule has 5 aromatic carbocycles. The molecule has 0 aliphatic carbocycles. The fourth-order valence-corrected chi connectivity index (χ4v) is 5.49. The van der Waals surface area contributed by atoms with Gasteiger partial charge in [0.15, 0.2) is 0 Å². The molecular formula is C32H18N4. The van der Waals surface area contributed by atoms with Crippen molar-refractivity contribution < 1.29 is 0 Å². The Morgan fingerprint density at radius 2 is 0.722 bits per heavy atom. The molecule has 166 valence electrons. The normalized spacial score (nSPS) is 11.3. The van der Waals surface area contributed by atoms with Crippen molar-refractivity contribution in [1.29, 1.82) is 10.5 Å². The molecule has 0 unspecified atom stereocenters. The van der Waals surface area contributed by atoms with E-state index in [1.807, 2.05) is 54.6 Å². The number of nitriles is 2. The molecule has 0 aliphatic heterocycles. The molecule has 0 fully saturated rings. The van der Waals surface area contributed by atoms with Crippen LogP contribution >= 0.6 is 0 Å². The van der Waals surface area contributed by atoms with Crippen LogP contribution in [0.1, 0.15) is 11.1 Å². The Balaban J connectivity index is 1.65. The van der Waals surface area contributed by atoms with Crippen LogP contribution in [0.5, 0.6) is 0 Å². The van der Waals surface area contributed by atoms with Gasteiger partial charge in [-0.2, -0.15) is 10.5 Å². The first-order chi connectivity index (χ1) is 17.8. The molecule has 7 aromatic rings. The quantitative estimate of drug-likeness (QED) is 0.267. The van der Waals surface area contributed by atoms with E-state index in [9.17, 15) is 10.5 Å². The number of fused-ring (bicyclic) bond motifs is 6. The molecule has 0 saturated heterocycles. The zero-order valence-corrected chi connectivity index (χ0v) is 19.2. The number of benzene rings is 5. The number of rotatable bonds is 2. The van der Waals surface area contributed by atoms with Crippen LogP contribution in [0.15, 0.2) is 109 Å². The summed E-state index contributed by atoms with van der Waals surface area (Å²) in [5.41, 5.74) is 6.52. The van der Waals surface area contributed by atoms with E-state index in [2.05, 4.69) is 69.8 Å². The highest BCUT2D eigenvalue weighted by Crippen LogP contribution is 2.37. The van der Waals surface area contributed by atoms with Crippen molar-refractivity contribution in [2.24, 2.45) is 0 Å². The summed E-state index contributed by atoms with van der Waals surface area (Å²) in [6.45, 7) is 0. The maximum absolute atomic E-state index is 10.2. The van der Waals surface area contributed by atoms with E-state index >= 15 is 0 Å². The lowest BCUT2D eigenvalue weighted by molar-refractivity contribution is 1.12. The molecular weight excluding hydrogens is 440 g/mol. The van der Waals surface area contributed by atoms with Crippen molar-refractivity contribution in [2.45, 2.75) is 0 Å². The highest BCUT2D eigenvalue weighted by atomic mass is 15.0. The van der Waals surface area contributed by atoms with Gasteiger partial charge in [0.1, 0.15) is 12.1 Å². The molecule has 0 saturated carbocycles. The zero-order valence-electron chi connectivity index (χ0n) is 19.2. The summed E-state index contributed by atoms with van der Waals surface area (Å²) >= 11 is 0. The number of aromatic nitrogens is 2. The van der Waals surface area contributed by atoms with E-state index in [4.69, 9.17) is 0 Å². The predicted molar refractivity (Wildman–Crippen MR) is 145 cm³/mol. The van der Waals surface area contributed by atoms with Crippen molar-refractivity contribution >= 4 is 43.6 Å². The Morgan fingerprint density at radius 3 is 1.03 bits per heavy atom. The second kappa shape index (κ2) is 7.60. The molecule has 0 spiro atoms. The van der Waals surface area contributed by atoms with Gasteiger partial charge >= 0.3 is 0 Å². The van der Waals surface area contributed by atoms with Crippen LogP contribution in [0.3, 0.4) is 0 Å². The number of hydrogen-bond acceptors (Lipinski definition) is 2. The topological polar surface area (TPSA) is 57.4 Å². The Bertz CT molecular complexity index is 1820. The lowest BCUT2D eigenvalue weighted by atomic mass is 10.1. The van der Waals surface area contributed by atoms with Crippen molar-refractivity contribution in [3.05, 3.63) is 120 Å². The Hall–Kier alpha value is -5.32. The third-order valence-electron chi connectivity index (χ3n) is 7.00. The zero-order chi connectivity index (χ0) is 24.2. The second-order valence-electron chi connectivity index (χ2n) is 8.85. The molecule has 2 aromatic heterocycles. The lowest BCUT2D eigenvalue weighted by Gasteiger charge is -2.16. The second-order valence-corrected chi connectivity index (χ2v) is 8.85. The molecule has 7 rings (SSSR count). The van der Waals surface area contributed by atoms with E-state index in [0.717, 1.165) is 55.0 Å². The van der Waals surface area contributed by atoms with Crippen LogP contribution in [-0.2, 0) is 0 Å². The smallest absolute Gasteiger partial charge is 0.101 e. The maximum Gasteiger partial charge on any atom is 0.101 e. The van der Waals surface area contributed by atoms with E-state index in [0.29, 0.717) is 11.1 Å². The van der Waals surface area contributed by atoms with Gasteiger partial charge in [-0.15, -0.1) is 0 Å². The minimum atomic E-state index is 0.461. The summed E-state index contributed by atoms with van der Waals surface area (Å²) in [4.78, 5) is 0. The first-order valence-electron chi connectivity index (χ1n) is 11.8. The monoisotopic (exact) mass is 458 g/mol. The molecule has 2 heterocycles. The molecule has 0 N–H and O–H groups in total. The maximum atomic E-state index is 10.2. The average molecular weight is 459 g/mol. The minimum Gasteiger partial charge on any atom is -0.308 e. The first kappa shape index (κ1) is 20.1. The molecule has 0 aliphatic rings. The molecule has 0 radical (unpaired) electrons. The molecule has 0 amide bonds. The van der Waals surface area contributed by atoms with Gasteiger partial charge in [-0.25, -0.2) is 0 Å². The van der Waals surface area contributed by atoms with Crippen molar-refractivity contribution in [3.63, 3.8) is 0 Å². The number of nitrogens with zero attached hydrogens (tertiary/aromatic N) is 4. The summed E-state index contributed by atoms with van der Waals surface area (Å²) in [6.07, 6.45) is 0. The average Bonchev–Trinajstić information content (AvgIpc) is 3.45. The minimum absolute atomic E-state index is 0.461. The third-order valence-corrected chi connectivity index (χ3v) is 7.00. The van der Waals surface area contributed by atoms with Gasteiger partial charge in [-0.1, -0.05) is 72.8 Å². The van der Waals surface area contributed by atoms with Gasteiger partial charge in [0.2, 0.25) is 0 Å². The summed E-state index contributed by atoms with van der Waals surface area (Å²) in [6, 6.07) is 41.4. The van der Waals surface area contributed by atoms with Crippen molar-refractivity contribution in [1.82, 2.24) is 9.13 Å². The highest BCUT2D eigenvalue weighted by molar-refractivity contribution is 6.10. The van der Waals surface area contributed by atoms with Crippen LogP contribution in [0.25, 0.3) is 55.0 Å². The molecule has 4 nitrogen and oxygen atoms in total. The largest absolute Gasteiger partial charge is 0.308 e. The highest BCUT2D eigenvalue weighted by Gasteiger charge is 2.20. The lowest BCUT2D eigenvalue weighted by Crippen LogP contribution is -2.04. The van der Waals surface area contributed by atoms with Gasteiger partial charge in [0.05, 0.1) is 44.6 Å². The van der Waals surface area contributed by atoms with Gasteiger partial charge < -0.3 is 9.13 Å². The van der Waals surface area contributed by atoms with Gasteiger partial charge in [0, 0.05) is 21.5 Å². The molecule has 4 heteroatoms. The molecule has 0 bridgehead atoms. The van der Waals surface area contributed by atoms with Crippen LogP contribution in [0, 0.1) is 22.7 Å². The SMILES string of the molecule is N#Cc1cc(C#N)c(-n2c3ccccc3c3ccccc32)cc1-n1c2ccccc2c2ccccc21. The van der Waals surface area contributed by atoms with Crippen molar-refractivity contribution in [3.8, 4) is 23.5 Å². The standard InChI is InChI=1S/C32H18N4/c33-19-21-17-22(20-34)32(36-29-15-7-3-11-25(29)26-12-4-8-16-30(26)36)18-31(21)35-27-13-5-1-9-23(27)24-10-2-6-14-28(24)35/h1-18H. The van der Waals surface area contributed by atoms with E-state index in [1.54, 1.807) is 6.07 Å². The first-order valence-corrected chi connectivity index (χ1v) is 11.8. The fourth-order valence-electron chi connectivity index (χ4n) is 5.49. The summed E-state index contributed by atoms with van der Waals surface area (Å²) < 4.78 is 4.28. The Kier molecular flexibility index (Phi) is 4.24. The van der Waals surface area contributed by atoms with Gasteiger partial charge in [-0.05, 0) is 36.4 Å². The van der Waals surface area contributed by atoms with Crippen LogP contribution in [0.2, 0.25) is 0 Å². The van der Waals surface area contributed by atoms with E-state index < -0.39 is 0 Å². The molecule has 36 heavy (non-hydrogen) atoms. The summed E-state index contributed by atoms with van der Waals surface area (Å²) in [5, 5.41) is 24.8. The van der Waals surface area contributed by atoms with Crippen LogP contribution < -0.4 is 0 Å². The van der Waals surface area contributed by atoms with E-state index in [-0.39, 0.29) is 0 Å². The van der Waals surface area contributed by atoms with E-state index in [1.165, 1.54) is 0 Å².